The van der Waals surface area contributed by atoms with E-state index in [0.29, 0.717) is 51.6 Å². The van der Waals surface area contributed by atoms with Gasteiger partial charge in [0.1, 0.15) is 12.1 Å². The van der Waals surface area contributed by atoms with Gasteiger partial charge in [0, 0.05) is 24.7 Å². The smallest absolute Gasteiger partial charge is 0.315 e. The Morgan fingerprint density at radius 2 is 1.47 bits per heavy atom. The van der Waals surface area contributed by atoms with Gasteiger partial charge in [-0.25, -0.2) is 13.2 Å². The van der Waals surface area contributed by atoms with E-state index in [1.54, 1.807) is 4.90 Å². The fraction of sp³-hybridized carbons (Fsp3) is 0.878. The summed E-state index contributed by atoms with van der Waals surface area (Å²) in [7, 11) is -3.76. The van der Waals surface area contributed by atoms with Crippen molar-refractivity contribution >= 4 is 39.6 Å². The summed E-state index contributed by atoms with van der Waals surface area (Å²) in [4.78, 5) is 71.4. The number of amides is 5. The molecule has 5 rings (SSSR count). The predicted octanol–water partition coefficient (Wildman–Crippen LogP) is 4.78. The lowest BCUT2D eigenvalue weighted by molar-refractivity contribution is -0.146. The molecule has 13 nitrogen and oxygen atoms in total. The Hall–Kier alpha value is -2.74. The maximum absolute atomic E-state index is 15.0. The number of nitrogens with zero attached hydrogens (tertiary/aromatic N) is 2. The van der Waals surface area contributed by atoms with Gasteiger partial charge in [-0.2, -0.15) is 4.31 Å². The van der Waals surface area contributed by atoms with Gasteiger partial charge in [0.25, 0.3) is 5.91 Å². The van der Waals surface area contributed by atoms with E-state index in [9.17, 15) is 27.6 Å². The van der Waals surface area contributed by atoms with Gasteiger partial charge in [-0.05, 0) is 88.4 Å². The highest BCUT2D eigenvalue weighted by Gasteiger charge is 2.70. The van der Waals surface area contributed by atoms with Crippen LogP contribution >= 0.6 is 0 Å². The molecule has 0 spiro atoms. The fourth-order valence-electron chi connectivity index (χ4n) is 10.2. The molecule has 55 heavy (non-hydrogen) atoms. The topological polar surface area (TPSA) is 174 Å². The zero-order valence-electron chi connectivity index (χ0n) is 34.9. The molecule has 5 aliphatic rings. The molecule has 5 fully saturated rings. The van der Waals surface area contributed by atoms with Gasteiger partial charge in [-0.15, -0.1) is 0 Å². The summed E-state index contributed by atoms with van der Waals surface area (Å²) in [6, 6.07) is -3.37. The average molecular weight is 791 g/mol. The Kier molecular flexibility index (Phi) is 13.1. The number of hydrogen-bond donors (Lipinski definition) is 4. The second-order valence-corrected chi connectivity index (χ2v) is 21.3. The molecule has 0 radical (unpaired) electrons. The van der Waals surface area contributed by atoms with Gasteiger partial charge >= 0.3 is 6.03 Å². The molecule has 1 saturated heterocycles. The third-order valence-electron chi connectivity index (χ3n) is 13.6. The number of sulfonamides is 1. The second kappa shape index (κ2) is 16.6. The van der Waals surface area contributed by atoms with Crippen LogP contribution in [-0.4, -0.2) is 101 Å². The third kappa shape index (κ3) is 9.70. The molecule has 1 aliphatic heterocycles. The number of ketones is 1. The van der Waals surface area contributed by atoms with Crippen molar-refractivity contribution in [2.75, 3.05) is 18.8 Å². The van der Waals surface area contributed by atoms with Crippen molar-refractivity contribution in [3.05, 3.63) is 0 Å². The van der Waals surface area contributed by atoms with E-state index in [-0.39, 0.29) is 35.0 Å². The molecule has 0 aromatic heterocycles. The molecule has 0 aromatic carbocycles. The maximum atomic E-state index is 15.0. The second-order valence-electron chi connectivity index (χ2n) is 19.4. The first-order valence-corrected chi connectivity index (χ1v) is 22.9. The van der Waals surface area contributed by atoms with E-state index < -0.39 is 68.3 Å². The highest BCUT2D eigenvalue weighted by atomic mass is 32.2. The lowest BCUT2D eigenvalue weighted by Crippen LogP contribution is -2.65. The Morgan fingerprint density at radius 1 is 0.873 bits per heavy atom. The van der Waals surface area contributed by atoms with E-state index >= 15 is 4.79 Å². The molecule has 5 atom stereocenters. The van der Waals surface area contributed by atoms with Gasteiger partial charge in [0.15, 0.2) is 0 Å². The summed E-state index contributed by atoms with van der Waals surface area (Å²) < 4.78 is 29.4. The van der Waals surface area contributed by atoms with Crippen LogP contribution < -0.4 is 21.3 Å². The van der Waals surface area contributed by atoms with Gasteiger partial charge < -0.3 is 26.2 Å². The number of likely N-dealkylation sites (tertiary alicyclic amines) is 1. The molecule has 0 aromatic rings. The number of Topliss-reactive ketones (excluding diaryl/α,β-unsaturated/α-hetero) is 1. The van der Waals surface area contributed by atoms with E-state index in [2.05, 4.69) is 35.1 Å². The van der Waals surface area contributed by atoms with E-state index in [0.717, 1.165) is 57.8 Å². The number of hydrogen-bond acceptors (Lipinski definition) is 7. The number of carbonyl (C=O) groups excluding carboxylic acids is 5. The molecular weight excluding hydrogens is 721 g/mol. The molecule has 5 amide bonds. The Labute approximate surface area is 330 Å². The summed E-state index contributed by atoms with van der Waals surface area (Å²) in [6.45, 7) is 16.3. The Balaban J connectivity index is 1.40. The largest absolute Gasteiger partial charge is 0.347 e. The zero-order valence-corrected chi connectivity index (χ0v) is 35.7. The average Bonchev–Trinajstić information content (AvgIpc) is 3.95. The first-order valence-electron chi connectivity index (χ1n) is 21.2. The molecule has 4 N–H and O–H groups in total. The van der Waals surface area contributed by atoms with Gasteiger partial charge in [0.2, 0.25) is 27.6 Å². The van der Waals surface area contributed by atoms with Crippen molar-refractivity contribution in [2.24, 2.45) is 22.7 Å². The van der Waals surface area contributed by atoms with Crippen molar-refractivity contribution in [1.29, 1.82) is 0 Å². The molecule has 0 unspecified atom stereocenters. The summed E-state index contributed by atoms with van der Waals surface area (Å²) in [5.74, 6) is -2.40. The van der Waals surface area contributed by atoms with Crippen LogP contribution in [0.5, 0.6) is 0 Å². The number of piperidine rings is 1. The predicted molar refractivity (Wildman–Crippen MR) is 212 cm³/mol. The minimum Gasteiger partial charge on any atom is -0.347 e. The Bertz CT molecular complexity index is 1560. The molecule has 14 heteroatoms. The molecule has 312 valence electrons. The fourth-order valence-corrected chi connectivity index (χ4v) is 12.6. The maximum Gasteiger partial charge on any atom is 0.315 e. The van der Waals surface area contributed by atoms with Gasteiger partial charge in [0.05, 0.1) is 17.3 Å². The normalized spacial score (nSPS) is 26.6. The van der Waals surface area contributed by atoms with Crippen molar-refractivity contribution in [3.8, 4) is 0 Å². The van der Waals surface area contributed by atoms with Crippen LogP contribution in [0.2, 0.25) is 0 Å². The zero-order chi connectivity index (χ0) is 40.6. The molecular formula is C41H70N6O7S. The van der Waals surface area contributed by atoms with Crippen LogP contribution in [0.15, 0.2) is 0 Å². The van der Waals surface area contributed by atoms with Crippen LogP contribution in [0.4, 0.5) is 4.79 Å². The van der Waals surface area contributed by atoms with Crippen molar-refractivity contribution in [1.82, 2.24) is 30.5 Å². The van der Waals surface area contributed by atoms with Crippen LogP contribution in [-0.2, 0) is 29.2 Å². The van der Waals surface area contributed by atoms with E-state index in [4.69, 9.17) is 0 Å². The van der Waals surface area contributed by atoms with Crippen molar-refractivity contribution in [2.45, 2.75) is 187 Å². The van der Waals surface area contributed by atoms with E-state index in [1.807, 2.05) is 41.5 Å². The molecule has 0 bridgehead atoms. The van der Waals surface area contributed by atoms with Crippen molar-refractivity contribution < 1.29 is 32.4 Å². The highest BCUT2D eigenvalue weighted by Crippen LogP contribution is 2.65. The standard InChI is InChI=1S/C41H70N6O7S/c1-9-11-18-29(32(48)35(50)42-27-19-20-27)43-34(49)31-30-28(39(30,6)7)25-46(31)36(51)33(40(8)21-14-12-15-22-40)44-37(52)45-41(23-16-13-17-24-41)26-55(53,54)47(10-2)38(3,4)5/h27-31,33H,9-26H2,1-8H3,(H,42,50)(H,43,49)(H2,44,45,52)/t28-,29-,30-,31-,33+/m0/s1. The minimum absolute atomic E-state index is 0.00430. The number of nitrogens with one attached hydrogen (secondary N) is 4. The highest BCUT2D eigenvalue weighted by molar-refractivity contribution is 7.89. The van der Waals surface area contributed by atoms with Crippen LogP contribution in [0.3, 0.4) is 0 Å². The summed E-state index contributed by atoms with van der Waals surface area (Å²) in [5.41, 5.74) is -2.40. The lowest BCUT2D eigenvalue weighted by Gasteiger charge is -2.44. The number of unbranched alkanes of at least 4 members (excludes halogenated alkanes) is 1. The van der Waals surface area contributed by atoms with Crippen LogP contribution in [0.25, 0.3) is 0 Å². The Morgan fingerprint density at radius 3 is 2.02 bits per heavy atom. The number of carbonyl (C=O) groups is 5. The van der Waals surface area contributed by atoms with Crippen LogP contribution in [0, 0.1) is 22.7 Å². The quantitative estimate of drug-likeness (QED) is 0.163. The van der Waals surface area contributed by atoms with Crippen molar-refractivity contribution in [3.63, 3.8) is 0 Å². The number of urea groups is 1. The first kappa shape index (κ1) is 43.4. The van der Waals surface area contributed by atoms with Gasteiger partial charge in [-0.3, -0.25) is 19.2 Å². The van der Waals surface area contributed by atoms with Gasteiger partial charge in [-0.1, -0.05) is 86.0 Å². The third-order valence-corrected chi connectivity index (χ3v) is 16.0. The first-order chi connectivity index (χ1) is 25.7. The summed E-state index contributed by atoms with van der Waals surface area (Å²) in [5, 5.41) is 11.9. The SMILES string of the molecule is CCCC[C@H](NC(=O)[C@@H]1[C@@H]2[C@H](CN1C(=O)[C@@H](NC(=O)NC1(CS(=O)(=O)N(CC)C(C)(C)C)CCCCC1)C1(C)CCCCC1)C2(C)C)C(=O)C(=O)NC1CC1. The number of rotatable bonds is 16. The summed E-state index contributed by atoms with van der Waals surface area (Å²) >= 11 is 0. The summed E-state index contributed by atoms with van der Waals surface area (Å²) in [6.07, 6.45) is 11.2. The molecule has 4 saturated carbocycles. The minimum atomic E-state index is -3.76. The van der Waals surface area contributed by atoms with E-state index in [1.165, 1.54) is 4.31 Å². The molecule has 4 aliphatic carbocycles. The lowest BCUT2D eigenvalue weighted by atomic mass is 9.70. The molecule has 1 heterocycles. The number of fused-ring (bicyclic) bond motifs is 1. The van der Waals surface area contributed by atoms with Crippen LogP contribution in [0.1, 0.15) is 152 Å². The monoisotopic (exact) mass is 791 g/mol.